The molecular formula is C11H17NO5. The van der Waals surface area contributed by atoms with Crippen molar-refractivity contribution in [3.63, 3.8) is 0 Å². The number of carboxylic acids is 1. The number of aliphatic carboxylic acids is 1. The standard InChI is InChI=1S/C11H17NO5/c1-16-10(15)12-8(9(13)14)7-2-5-17-11(6-7)3-4-11/h7-8H,2-6H2,1H3,(H,12,15)(H,13,14)/t7-,8-/m0/s1. The summed E-state index contributed by atoms with van der Waals surface area (Å²) in [5.74, 6) is -1.10. The lowest BCUT2D eigenvalue weighted by Gasteiger charge is -2.33. The maximum absolute atomic E-state index is 11.2. The zero-order valence-corrected chi connectivity index (χ0v) is 9.77. The Morgan fingerprint density at radius 1 is 1.53 bits per heavy atom. The summed E-state index contributed by atoms with van der Waals surface area (Å²) >= 11 is 0. The number of carboxylic acid groups (broad SMARTS) is 1. The lowest BCUT2D eigenvalue weighted by molar-refractivity contribution is -0.142. The average molecular weight is 243 g/mol. The number of carbonyl (C=O) groups is 2. The third-order valence-electron chi connectivity index (χ3n) is 3.53. The smallest absolute Gasteiger partial charge is 0.407 e. The minimum absolute atomic E-state index is 0.0807. The van der Waals surface area contributed by atoms with Crippen LogP contribution in [0.25, 0.3) is 0 Å². The van der Waals surface area contributed by atoms with Crippen LogP contribution in [0, 0.1) is 5.92 Å². The van der Waals surface area contributed by atoms with Crippen molar-refractivity contribution in [2.75, 3.05) is 13.7 Å². The Balaban J connectivity index is 1.99. The van der Waals surface area contributed by atoms with Gasteiger partial charge in [0.15, 0.2) is 0 Å². The van der Waals surface area contributed by atoms with Crippen LogP contribution in [0.5, 0.6) is 0 Å². The van der Waals surface area contributed by atoms with Crippen molar-refractivity contribution in [3.8, 4) is 0 Å². The molecule has 2 aliphatic rings. The van der Waals surface area contributed by atoms with Gasteiger partial charge in [0, 0.05) is 6.61 Å². The monoisotopic (exact) mass is 243 g/mol. The average Bonchev–Trinajstić information content (AvgIpc) is 3.04. The van der Waals surface area contributed by atoms with Crippen LogP contribution in [0.4, 0.5) is 4.79 Å². The van der Waals surface area contributed by atoms with E-state index in [2.05, 4.69) is 10.1 Å². The highest BCUT2D eigenvalue weighted by Gasteiger charge is 2.50. The van der Waals surface area contributed by atoms with Crippen molar-refractivity contribution in [2.45, 2.75) is 37.3 Å². The second kappa shape index (κ2) is 4.52. The molecule has 6 nitrogen and oxygen atoms in total. The Hall–Kier alpha value is -1.30. The van der Waals surface area contributed by atoms with Gasteiger partial charge in [-0.2, -0.15) is 0 Å². The van der Waals surface area contributed by atoms with Crippen LogP contribution in [-0.2, 0) is 14.3 Å². The van der Waals surface area contributed by atoms with E-state index in [-0.39, 0.29) is 11.5 Å². The molecule has 17 heavy (non-hydrogen) atoms. The topological polar surface area (TPSA) is 84.9 Å². The van der Waals surface area contributed by atoms with Crippen molar-refractivity contribution in [3.05, 3.63) is 0 Å². The van der Waals surface area contributed by atoms with Crippen LogP contribution in [-0.4, -0.2) is 42.5 Å². The predicted molar refractivity (Wildman–Crippen MR) is 57.6 cm³/mol. The highest BCUT2D eigenvalue weighted by Crippen LogP contribution is 2.48. The van der Waals surface area contributed by atoms with Crippen LogP contribution >= 0.6 is 0 Å². The van der Waals surface area contributed by atoms with E-state index in [1.54, 1.807) is 0 Å². The number of methoxy groups -OCH3 is 1. The number of amides is 1. The summed E-state index contributed by atoms with van der Waals surface area (Å²) in [6, 6.07) is -0.885. The van der Waals surface area contributed by atoms with E-state index in [1.807, 2.05) is 0 Å². The molecule has 1 spiro atoms. The predicted octanol–water partition coefficient (Wildman–Crippen LogP) is 0.755. The van der Waals surface area contributed by atoms with Crippen molar-refractivity contribution < 1.29 is 24.2 Å². The van der Waals surface area contributed by atoms with Crippen LogP contribution in [0.1, 0.15) is 25.7 Å². The highest BCUT2D eigenvalue weighted by atomic mass is 16.5. The zero-order valence-electron chi connectivity index (χ0n) is 9.77. The molecule has 2 rings (SSSR count). The van der Waals surface area contributed by atoms with Gasteiger partial charge in [0.2, 0.25) is 0 Å². The number of alkyl carbamates (subject to hydrolysis) is 1. The molecular weight excluding hydrogens is 226 g/mol. The molecule has 2 N–H and O–H groups in total. The van der Waals surface area contributed by atoms with Gasteiger partial charge in [0.05, 0.1) is 12.7 Å². The summed E-state index contributed by atoms with van der Waals surface area (Å²) in [6.45, 7) is 0.567. The Morgan fingerprint density at radius 2 is 2.24 bits per heavy atom. The molecule has 0 aromatic carbocycles. The van der Waals surface area contributed by atoms with Gasteiger partial charge in [-0.1, -0.05) is 0 Å². The maximum atomic E-state index is 11.2. The van der Waals surface area contributed by atoms with E-state index in [0.717, 1.165) is 12.8 Å². The van der Waals surface area contributed by atoms with Gasteiger partial charge in [-0.25, -0.2) is 9.59 Å². The quantitative estimate of drug-likeness (QED) is 0.764. The fourth-order valence-electron chi connectivity index (χ4n) is 2.41. The van der Waals surface area contributed by atoms with Crippen molar-refractivity contribution >= 4 is 12.1 Å². The number of carbonyl (C=O) groups excluding carboxylic acids is 1. The molecule has 0 unspecified atom stereocenters. The van der Waals surface area contributed by atoms with Crippen molar-refractivity contribution in [1.82, 2.24) is 5.32 Å². The zero-order chi connectivity index (χ0) is 12.5. The van der Waals surface area contributed by atoms with Crippen LogP contribution in [0.2, 0.25) is 0 Å². The number of nitrogens with one attached hydrogen (secondary N) is 1. The molecule has 6 heteroatoms. The molecule has 0 aromatic rings. The first kappa shape index (κ1) is 12.2. The summed E-state index contributed by atoms with van der Waals surface area (Å²) in [4.78, 5) is 22.3. The second-order valence-electron chi connectivity index (χ2n) is 4.74. The molecule has 1 heterocycles. The summed E-state index contributed by atoms with van der Waals surface area (Å²) in [5.41, 5.74) is -0.103. The lowest BCUT2D eigenvalue weighted by Crippen LogP contribution is -2.49. The van der Waals surface area contributed by atoms with Gasteiger partial charge in [0.25, 0.3) is 0 Å². The van der Waals surface area contributed by atoms with Gasteiger partial charge in [-0.15, -0.1) is 0 Å². The molecule has 1 aliphatic carbocycles. The third kappa shape index (κ3) is 2.69. The molecule has 1 saturated heterocycles. The van der Waals surface area contributed by atoms with Crippen LogP contribution in [0.3, 0.4) is 0 Å². The van der Waals surface area contributed by atoms with Crippen molar-refractivity contribution in [1.29, 1.82) is 0 Å². The molecule has 96 valence electrons. The Labute approximate surface area is 99.3 Å². The number of rotatable bonds is 3. The van der Waals surface area contributed by atoms with E-state index in [0.29, 0.717) is 19.4 Å². The molecule has 2 atom stereocenters. The van der Waals surface area contributed by atoms with E-state index >= 15 is 0 Å². The SMILES string of the molecule is COC(=O)N[C@H](C(=O)O)[C@H]1CCOC2(CC2)C1. The first-order valence-electron chi connectivity index (χ1n) is 5.77. The molecule has 0 radical (unpaired) electrons. The van der Waals surface area contributed by atoms with Gasteiger partial charge in [0.1, 0.15) is 6.04 Å². The van der Waals surface area contributed by atoms with E-state index in [1.165, 1.54) is 7.11 Å². The van der Waals surface area contributed by atoms with E-state index in [9.17, 15) is 9.59 Å². The Kier molecular flexibility index (Phi) is 3.24. The van der Waals surface area contributed by atoms with Crippen LogP contribution < -0.4 is 5.32 Å². The fourth-order valence-corrected chi connectivity index (χ4v) is 2.41. The summed E-state index contributed by atoms with van der Waals surface area (Å²) < 4.78 is 10.1. The van der Waals surface area contributed by atoms with Gasteiger partial charge in [-0.05, 0) is 31.6 Å². The number of hydrogen-bond donors (Lipinski definition) is 2. The number of ether oxygens (including phenoxy) is 2. The normalized spacial score (nSPS) is 27.2. The maximum Gasteiger partial charge on any atom is 0.407 e. The van der Waals surface area contributed by atoms with Gasteiger partial charge in [-0.3, -0.25) is 0 Å². The Bertz CT molecular complexity index is 326. The van der Waals surface area contributed by atoms with Gasteiger partial charge >= 0.3 is 12.1 Å². The molecule has 1 aliphatic heterocycles. The highest BCUT2D eigenvalue weighted by molar-refractivity contribution is 5.80. The molecule has 2 fully saturated rings. The summed E-state index contributed by atoms with van der Waals surface area (Å²) in [5, 5.41) is 11.5. The number of hydrogen-bond acceptors (Lipinski definition) is 4. The largest absolute Gasteiger partial charge is 0.480 e. The first-order valence-corrected chi connectivity index (χ1v) is 5.77. The minimum Gasteiger partial charge on any atom is -0.480 e. The molecule has 1 saturated carbocycles. The first-order chi connectivity index (χ1) is 8.06. The fraction of sp³-hybridized carbons (Fsp3) is 0.818. The molecule has 1 amide bonds. The summed E-state index contributed by atoms with van der Waals surface area (Å²) in [6.07, 6.45) is 2.65. The van der Waals surface area contributed by atoms with Crippen molar-refractivity contribution in [2.24, 2.45) is 5.92 Å². The van der Waals surface area contributed by atoms with E-state index in [4.69, 9.17) is 9.84 Å². The lowest BCUT2D eigenvalue weighted by atomic mass is 9.87. The van der Waals surface area contributed by atoms with E-state index < -0.39 is 18.1 Å². The summed E-state index contributed by atoms with van der Waals surface area (Å²) in [7, 11) is 1.22. The minimum atomic E-state index is -1.02. The second-order valence-corrected chi connectivity index (χ2v) is 4.74. The molecule has 0 bridgehead atoms. The third-order valence-corrected chi connectivity index (χ3v) is 3.53. The van der Waals surface area contributed by atoms with Crippen LogP contribution in [0.15, 0.2) is 0 Å². The molecule has 0 aromatic heterocycles. The Morgan fingerprint density at radius 3 is 2.76 bits per heavy atom. The van der Waals surface area contributed by atoms with Gasteiger partial charge < -0.3 is 19.9 Å².